The first kappa shape index (κ1) is 15.5. The molecule has 23 heavy (non-hydrogen) atoms. The Balaban J connectivity index is 1.61. The van der Waals surface area contributed by atoms with Gasteiger partial charge in [0.1, 0.15) is 6.04 Å². The lowest BCUT2D eigenvalue weighted by atomic mass is 10.1. The molecule has 0 unspecified atom stereocenters. The van der Waals surface area contributed by atoms with Crippen molar-refractivity contribution in [3.05, 3.63) is 29.8 Å². The first-order valence-corrected chi connectivity index (χ1v) is 7.71. The van der Waals surface area contributed by atoms with Crippen LogP contribution in [0, 0.1) is 0 Å². The Morgan fingerprint density at radius 3 is 2.74 bits per heavy atom. The van der Waals surface area contributed by atoms with Gasteiger partial charge >= 0.3 is 0 Å². The van der Waals surface area contributed by atoms with Gasteiger partial charge in [0, 0.05) is 19.5 Å². The summed E-state index contributed by atoms with van der Waals surface area (Å²) in [6.07, 6.45) is 0.496. The molecule has 0 aromatic heterocycles. The van der Waals surface area contributed by atoms with Crippen molar-refractivity contribution < 1.29 is 19.1 Å². The normalized spacial score (nSPS) is 21.0. The number of nitrogens with zero attached hydrogens (tertiary/aromatic N) is 1. The highest BCUT2D eigenvalue weighted by Gasteiger charge is 2.28. The molecule has 1 saturated heterocycles. The maximum Gasteiger partial charge on any atom is 0.254 e. The molecule has 0 bridgehead atoms. The zero-order chi connectivity index (χ0) is 16.2. The number of para-hydroxylation sites is 1. The van der Waals surface area contributed by atoms with Gasteiger partial charge in [-0.2, -0.15) is 0 Å². The lowest BCUT2D eigenvalue weighted by Crippen LogP contribution is -2.44. The van der Waals surface area contributed by atoms with Gasteiger partial charge in [0.2, 0.25) is 11.8 Å². The fourth-order valence-electron chi connectivity index (χ4n) is 2.75. The number of benzene rings is 1. The van der Waals surface area contributed by atoms with E-state index in [1.165, 1.54) is 0 Å². The summed E-state index contributed by atoms with van der Waals surface area (Å²) in [5.74, 6) is -0.613. The fourth-order valence-corrected chi connectivity index (χ4v) is 2.75. The molecular weight excluding hydrogens is 298 g/mol. The Bertz CT molecular complexity index is 626. The molecular formula is C16H19N3O4. The average Bonchev–Trinajstić information content (AvgIpc) is 2.70. The third-order valence-electron chi connectivity index (χ3n) is 4.06. The van der Waals surface area contributed by atoms with E-state index >= 15 is 0 Å². The molecule has 2 aliphatic heterocycles. The predicted molar refractivity (Wildman–Crippen MR) is 83.0 cm³/mol. The van der Waals surface area contributed by atoms with Crippen molar-refractivity contribution >= 4 is 23.4 Å². The number of hydrogen-bond donors (Lipinski definition) is 2. The predicted octanol–water partition coefficient (Wildman–Crippen LogP) is 0.376. The van der Waals surface area contributed by atoms with Crippen LogP contribution < -0.4 is 10.6 Å². The van der Waals surface area contributed by atoms with Crippen LogP contribution >= 0.6 is 0 Å². The van der Waals surface area contributed by atoms with E-state index in [1.54, 1.807) is 29.2 Å². The molecule has 0 radical (unpaired) electrons. The van der Waals surface area contributed by atoms with Crippen LogP contribution in [0.3, 0.4) is 0 Å². The number of ether oxygens (including phenoxy) is 1. The summed E-state index contributed by atoms with van der Waals surface area (Å²) in [7, 11) is 0. The van der Waals surface area contributed by atoms with Crippen molar-refractivity contribution in [2.75, 3.05) is 31.6 Å². The smallest absolute Gasteiger partial charge is 0.254 e. The van der Waals surface area contributed by atoms with Gasteiger partial charge in [-0.05, 0) is 18.6 Å². The van der Waals surface area contributed by atoms with Gasteiger partial charge in [0.15, 0.2) is 0 Å². The Kier molecular flexibility index (Phi) is 4.57. The molecule has 1 atom stereocenters. The van der Waals surface area contributed by atoms with E-state index in [-0.39, 0.29) is 30.6 Å². The Labute approximate surface area is 134 Å². The molecule has 1 aromatic carbocycles. The lowest BCUT2D eigenvalue weighted by Gasteiger charge is -2.27. The van der Waals surface area contributed by atoms with Gasteiger partial charge < -0.3 is 20.3 Å². The quantitative estimate of drug-likeness (QED) is 0.843. The second-order valence-corrected chi connectivity index (χ2v) is 5.59. The second-order valence-electron chi connectivity index (χ2n) is 5.59. The molecule has 2 heterocycles. The standard InChI is InChI=1S/C16H19N3O4/c20-14(19-7-9-23-10-8-19)6-5-13-16(22)17-12-4-2-1-3-11(12)15(21)18-13/h1-4,13H,5-10H2,(H,17,22)(H,18,21)/t13-/m0/s1. The van der Waals surface area contributed by atoms with E-state index in [2.05, 4.69) is 10.6 Å². The number of morpholine rings is 1. The number of carbonyl (C=O) groups excluding carboxylic acids is 3. The summed E-state index contributed by atoms with van der Waals surface area (Å²) >= 11 is 0. The Morgan fingerprint density at radius 1 is 1.22 bits per heavy atom. The average molecular weight is 317 g/mol. The minimum atomic E-state index is -0.708. The number of hydrogen-bond acceptors (Lipinski definition) is 4. The number of amides is 3. The summed E-state index contributed by atoms with van der Waals surface area (Å²) in [6, 6.07) is 6.14. The topological polar surface area (TPSA) is 87.7 Å². The first-order valence-electron chi connectivity index (χ1n) is 7.71. The molecule has 7 heteroatoms. The molecule has 0 spiro atoms. The minimum Gasteiger partial charge on any atom is -0.378 e. The van der Waals surface area contributed by atoms with Crippen molar-refractivity contribution in [3.63, 3.8) is 0 Å². The summed E-state index contributed by atoms with van der Waals surface area (Å²) in [6.45, 7) is 2.24. The number of carbonyl (C=O) groups is 3. The SMILES string of the molecule is O=C1N[C@@H](CCC(=O)N2CCOCC2)C(=O)Nc2ccccc21. The van der Waals surface area contributed by atoms with Gasteiger partial charge in [-0.15, -0.1) is 0 Å². The number of fused-ring (bicyclic) bond motifs is 1. The van der Waals surface area contributed by atoms with Crippen molar-refractivity contribution in [1.29, 1.82) is 0 Å². The van der Waals surface area contributed by atoms with Gasteiger partial charge in [0.05, 0.1) is 24.5 Å². The van der Waals surface area contributed by atoms with Gasteiger partial charge in [-0.1, -0.05) is 12.1 Å². The second kappa shape index (κ2) is 6.78. The molecule has 1 aromatic rings. The van der Waals surface area contributed by atoms with Crippen molar-refractivity contribution in [1.82, 2.24) is 10.2 Å². The first-order chi connectivity index (χ1) is 11.1. The molecule has 2 aliphatic rings. The van der Waals surface area contributed by atoms with E-state index in [0.717, 1.165) is 0 Å². The zero-order valence-corrected chi connectivity index (χ0v) is 12.7. The summed E-state index contributed by atoms with van der Waals surface area (Å²) in [4.78, 5) is 38.3. The van der Waals surface area contributed by atoms with E-state index in [1.807, 2.05) is 0 Å². The molecule has 3 rings (SSSR count). The maximum atomic E-state index is 12.2. The van der Waals surface area contributed by atoms with Crippen LogP contribution in [0.5, 0.6) is 0 Å². The van der Waals surface area contributed by atoms with Crippen molar-refractivity contribution in [2.45, 2.75) is 18.9 Å². The molecule has 3 amide bonds. The number of anilines is 1. The van der Waals surface area contributed by atoms with Crippen LogP contribution in [-0.4, -0.2) is 55.0 Å². The summed E-state index contributed by atoms with van der Waals surface area (Å²) in [5, 5.41) is 5.44. The third kappa shape index (κ3) is 3.50. The molecule has 0 saturated carbocycles. The van der Waals surface area contributed by atoms with E-state index in [9.17, 15) is 14.4 Å². The Hall–Kier alpha value is -2.41. The Morgan fingerprint density at radius 2 is 1.96 bits per heavy atom. The van der Waals surface area contributed by atoms with E-state index in [0.29, 0.717) is 37.6 Å². The van der Waals surface area contributed by atoms with Crippen LogP contribution in [-0.2, 0) is 14.3 Å². The summed E-state index contributed by atoms with van der Waals surface area (Å²) < 4.78 is 5.21. The summed E-state index contributed by atoms with van der Waals surface area (Å²) in [5.41, 5.74) is 0.930. The highest BCUT2D eigenvalue weighted by atomic mass is 16.5. The van der Waals surface area contributed by atoms with Crippen LogP contribution in [0.4, 0.5) is 5.69 Å². The zero-order valence-electron chi connectivity index (χ0n) is 12.7. The van der Waals surface area contributed by atoms with Crippen LogP contribution in [0.1, 0.15) is 23.2 Å². The molecule has 122 valence electrons. The van der Waals surface area contributed by atoms with Crippen molar-refractivity contribution in [2.24, 2.45) is 0 Å². The number of nitrogens with one attached hydrogen (secondary N) is 2. The monoisotopic (exact) mass is 317 g/mol. The number of rotatable bonds is 3. The largest absolute Gasteiger partial charge is 0.378 e. The van der Waals surface area contributed by atoms with Gasteiger partial charge in [-0.25, -0.2) is 0 Å². The third-order valence-corrected chi connectivity index (χ3v) is 4.06. The van der Waals surface area contributed by atoms with Crippen molar-refractivity contribution in [3.8, 4) is 0 Å². The fraction of sp³-hybridized carbons (Fsp3) is 0.438. The highest BCUT2D eigenvalue weighted by molar-refractivity contribution is 6.09. The van der Waals surface area contributed by atoms with Crippen LogP contribution in [0.15, 0.2) is 24.3 Å². The minimum absolute atomic E-state index is 0.0166. The van der Waals surface area contributed by atoms with Crippen LogP contribution in [0.25, 0.3) is 0 Å². The molecule has 0 aliphatic carbocycles. The van der Waals surface area contributed by atoms with Crippen LogP contribution in [0.2, 0.25) is 0 Å². The molecule has 1 fully saturated rings. The van der Waals surface area contributed by atoms with E-state index < -0.39 is 6.04 Å². The molecule has 2 N–H and O–H groups in total. The molecule has 7 nitrogen and oxygen atoms in total. The van der Waals surface area contributed by atoms with Gasteiger partial charge in [-0.3, -0.25) is 14.4 Å². The highest BCUT2D eigenvalue weighted by Crippen LogP contribution is 2.19. The maximum absolute atomic E-state index is 12.2. The van der Waals surface area contributed by atoms with E-state index in [4.69, 9.17) is 4.74 Å². The van der Waals surface area contributed by atoms with Gasteiger partial charge in [0.25, 0.3) is 5.91 Å². The lowest BCUT2D eigenvalue weighted by molar-refractivity contribution is -0.135.